The minimum absolute atomic E-state index is 0.186. The third-order valence-electron chi connectivity index (χ3n) is 3.15. The Balaban J connectivity index is 1.90. The zero-order valence-electron chi connectivity index (χ0n) is 13.1. The molecule has 24 heavy (non-hydrogen) atoms. The van der Waals surface area contributed by atoms with E-state index >= 15 is 0 Å². The summed E-state index contributed by atoms with van der Waals surface area (Å²) < 4.78 is 30.6. The first-order valence-corrected chi connectivity index (χ1v) is 8.06. The number of anilines is 1. The van der Waals surface area contributed by atoms with Crippen molar-refractivity contribution < 1.29 is 13.6 Å². The lowest BCUT2D eigenvalue weighted by Crippen LogP contribution is -2.29. The van der Waals surface area contributed by atoms with Crippen LogP contribution in [0.15, 0.2) is 30.9 Å². The maximum absolute atomic E-state index is 13.5. The maximum atomic E-state index is 13.5. The molecule has 0 aliphatic rings. The fourth-order valence-electron chi connectivity index (χ4n) is 2.04. The first-order chi connectivity index (χ1) is 11.6. The Morgan fingerprint density at radius 1 is 1.38 bits per heavy atom. The van der Waals surface area contributed by atoms with E-state index in [1.807, 2.05) is 19.1 Å². The van der Waals surface area contributed by atoms with Gasteiger partial charge in [0.2, 0.25) is 0 Å². The van der Waals surface area contributed by atoms with Crippen molar-refractivity contribution in [1.29, 1.82) is 0 Å². The summed E-state index contributed by atoms with van der Waals surface area (Å²) in [7, 11) is 0. The second-order valence-electron chi connectivity index (χ2n) is 4.82. The van der Waals surface area contributed by atoms with E-state index < -0.39 is 17.5 Å². The van der Waals surface area contributed by atoms with Crippen LogP contribution in [0.25, 0.3) is 12.2 Å². The van der Waals surface area contributed by atoms with Crippen LogP contribution in [0.4, 0.5) is 14.6 Å². The Morgan fingerprint density at radius 2 is 2.17 bits per heavy atom. The third kappa shape index (κ3) is 4.26. The SMILES string of the molecule is C=Cc1snc(NCCNC(=O)c2ccc(F)cc2F)c1/C=C\C. The summed E-state index contributed by atoms with van der Waals surface area (Å²) in [6, 6.07) is 2.85. The van der Waals surface area contributed by atoms with E-state index in [1.54, 1.807) is 6.08 Å². The van der Waals surface area contributed by atoms with Crippen LogP contribution in [0.2, 0.25) is 0 Å². The minimum Gasteiger partial charge on any atom is -0.367 e. The molecule has 2 rings (SSSR count). The molecular formula is C17H17F2N3OS. The smallest absolute Gasteiger partial charge is 0.254 e. The molecule has 4 nitrogen and oxygen atoms in total. The van der Waals surface area contributed by atoms with Crippen molar-refractivity contribution in [2.45, 2.75) is 6.92 Å². The number of aromatic nitrogens is 1. The van der Waals surface area contributed by atoms with Gasteiger partial charge in [-0.15, -0.1) is 0 Å². The number of carbonyl (C=O) groups is 1. The molecule has 1 heterocycles. The number of carbonyl (C=O) groups excluding carboxylic acids is 1. The Labute approximate surface area is 143 Å². The van der Waals surface area contributed by atoms with Crippen molar-refractivity contribution in [3.8, 4) is 0 Å². The van der Waals surface area contributed by atoms with E-state index in [-0.39, 0.29) is 12.1 Å². The molecular weight excluding hydrogens is 332 g/mol. The largest absolute Gasteiger partial charge is 0.367 e. The predicted molar refractivity (Wildman–Crippen MR) is 94.1 cm³/mol. The fourth-order valence-corrected chi connectivity index (χ4v) is 2.73. The number of rotatable bonds is 7. The van der Waals surface area contributed by atoms with Gasteiger partial charge in [-0.1, -0.05) is 18.7 Å². The third-order valence-corrected chi connectivity index (χ3v) is 4.01. The lowest BCUT2D eigenvalue weighted by Gasteiger charge is -2.08. The molecule has 7 heteroatoms. The second kappa shape index (κ2) is 8.35. The summed E-state index contributed by atoms with van der Waals surface area (Å²) in [5.41, 5.74) is 0.752. The molecule has 0 bridgehead atoms. The number of halogens is 2. The van der Waals surface area contributed by atoms with Gasteiger partial charge in [0.25, 0.3) is 5.91 Å². The molecule has 1 aromatic heterocycles. The zero-order chi connectivity index (χ0) is 17.5. The number of hydrogen-bond donors (Lipinski definition) is 2. The monoisotopic (exact) mass is 349 g/mol. The summed E-state index contributed by atoms with van der Waals surface area (Å²) in [6.07, 6.45) is 5.56. The summed E-state index contributed by atoms with van der Waals surface area (Å²) in [5, 5.41) is 5.69. The molecule has 1 aromatic carbocycles. The standard InChI is InChI=1S/C17H17F2N3OS/c1-3-5-13-15(4-2)24-22-16(13)20-8-9-21-17(23)12-7-6-11(18)10-14(12)19/h3-7,10H,2,8-9H2,1H3,(H,20,22)(H,21,23)/b5-3-. The highest BCUT2D eigenvalue weighted by molar-refractivity contribution is 7.07. The molecule has 0 spiro atoms. The van der Waals surface area contributed by atoms with Crippen molar-refractivity contribution in [2.24, 2.45) is 0 Å². The zero-order valence-corrected chi connectivity index (χ0v) is 13.9. The summed E-state index contributed by atoms with van der Waals surface area (Å²) >= 11 is 1.33. The topological polar surface area (TPSA) is 54.0 Å². The number of allylic oxidation sites excluding steroid dienone is 1. The lowest BCUT2D eigenvalue weighted by molar-refractivity contribution is 0.0951. The molecule has 0 saturated heterocycles. The van der Waals surface area contributed by atoms with Crippen LogP contribution in [0.3, 0.4) is 0 Å². The van der Waals surface area contributed by atoms with Crippen LogP contribution in [0.1, 0.15) is 27.7 Å². The van der Waals surface area contributed by atoms with Gasteiger partial charge in [-0.25, -0.2) is 8.78 Å². The lowest BCUT2D eigenvalue weighted by atomic mass is 10.2. The summed E-state index contributed by atoms with van der Waals surface area (Å²) in [6.45, 7) is 6.34. The first-order valence-electron chi connectivity index (χ1n) is 7.28. The molecule has 0 aliphatic carbocycles. The molecule has 0 fully saturated rings. The second-order valence-corrected chi connectivity index (χ2v) is 5.63. The van der Waals surface area contributed by atoms with Crippen LogP contribution in [-0.2, 0) is 0 Å². The highest BCUT2D eigenvalue weighted by atomic mass is 32.1. The van der Waals surface area contributed by atoms with E-state index in [1.165, 1.54) is 11.5 Å². The number of nitrogens with zero attached hydrogens (tertiary/aromatic N) is 1. The molecule has 126 valence electrons. The average Bonchev–Trinajstić information content (AvgIpc) is 2.94. The van der Waals surface area contributed by atoms with Crippen molar-refractivity contribution >= 4 is 35.4 Å². The van der Waals surface area contributed by atoms with Crippen LogP contribution in [-0.4, -0.2) is 23.4 Å². The molecule has 0 radical (unpaired) electrons. The van der Waals surface area contributed by atoms with Crippen LogP contribution >= 0.6 is 11.5 Å². The molecule has 1 amide bonds. The number of benzene rings is 1. The maximum Gasteiger partial charge on any atom is 0.254 e. The quantitative estimate of drug-likeness (QED) is 0.745. The van der Waals surface area contributed by atoms with Gasteiger partial charge in [-0.2, -0.15) is 4.37 Å². The number of nitrogens with one attached hydrogen (secondary N) is 2. The van der Waals surface area contributed by atoms with E-state index in [4.69, 9.17) is 0 Å². The van der Waals surface area contributed by atoms with Crippen LogP contribution in [0.5, 0.6) is 0 Å². The Kier molecular flexibility index (Phi) is 6.20. The van der Waals surface area contributed by atoms with Gasteiger partial charge in [0.05, 0.1) is 10.4 Å². The molecule has 0 saturated carbocycles. The van der Waals surface area contributed by atoms with E-state index in [9.17, 15) is 13.6 Å². The van der Waals surface area contributed by atoms with Gasteiger partial charge in [0.1, 0.15) is 17.5 Å². The van der Waals surface area contributed by atoms with Gasteiger partial charge >= 0.3 is 0 Å². The molecule has 2 aromatic rings. The van der Waals surface area contributed by atoms with Crippen molar-refractivity contribution in [3.63, 3.8) is 0 Å². The highest BCUT2D eigenvalue weighted by Gasteiger charge is 2.12. The van der Waals surface area contributed by atoms with E-state index in [0.29, 0.717) is 18.4 Å². The fraction of sp³-hybridized carbons (Fsp3) is 0.176. The van der Waals surface area contributed by atoms with Crippen LogP contribution < -0.4 is 10.6 Å². The summed E-state index contributed by atoms with van der Waals surface area (Å²) in [4.78, 5) is 12.8. The van der Waals surface area contributed by atoms with Gasteiger partial charge < -0.3 is 10.6 Å². The summed E-state index contributed by atoms with van der Waals surface area (Å²) in [5.74, 6) is -1.49. The van der Waals surface area contributed by atoms with Crippen molar-refractivity contribution in [2.75, 3.05) is 18.4 Å². The number of hydrogen-bond acceptors (Lipinski definition) is 4. The Bertz CT molecular complexity index is 771. The average molecular weight is 349 g/mol. The van der Waals surface area contributed by atoms with Crippen molar-refractivity contribution in [1.82, 2.24) is 9.69 Å². The molecule has 0 aliphatic heterocycles. The molecule has 0 atom stereocenters. The van der Waals surface area contributed by atoms with E-state index in [0.717, 1.165) is 22.6 Å². The molecule has 0 unspecified atom stereocenters. The minimum atomic E-state index is -0.883. The van der Waals surface area contributed by atoms with Gasteiger partial charge in [-0.3, -0.25) is 4.79 Å². The predicted octanol–water partition coefficient (Wildman–Crippen LogP) is 3.94. The normalized spacial score (nSPS) is 10.8. The Hall–Kier alpha value is -2.54. The Morgan fingerprint density at radius 3 is 2.83 bits per heavy atom. The first kappa shape index (κ1) is 17.8. The van der Waals surface area contributed by atoms with Crippen LogP contribution in [0, 0.1) is 11.6 Å². The number of amides is 1. The van der Waals surface area contributed by atoms with Gasteiger partial charge in [0.15, 0.2) is 0 Å². The van der Waals surface area contributed by atoms with Gasteiger partial charge in [0, 0.05) is 24.7 Å². The van der Waals surface area contributed by atoms with E-state index in [2.05, 4.69) is 21.6 Å². The highest BCUT2D eigenvalue weighted by Crippen LogP contribution is 2.25. The van der Waals surface area contributed by atoms with Gasteiger partial charge in [-0.05, 0) is 36.7 Å². The molecule has 2 N–H and O–H groups in total. The van der Waals surface area contributed by atoms with Crippen molar-refractivity contribution in [3.05, 3.63) is 58.5 Å².